The first-order chi connectivity index (χ1) is 39.3. The average Bonchev–Trinajstić information content (AvgIpc) is 4.42. The molecule has 0 bridgehead atoms. The van der Waals surface area contributed by atoms with Gasteiger partial charge >= 0.3 is 5.97 Å². The minimum absolute atomic E-state index is 0.0296. The normalized spacial score (nSPS) is 21.9. The van der Waals surface area contributed by atoms with E-state index in [9.17, 15) is 53.1 Å². The number of amides is 9. The molecule has 4 saturated heterocycles. The summed E-state index contributed by atoms with van der Waals surface area (Å²) in [4.78, 5) is 153. The van der Waals surface area contributed by atoms with Crippen LogP contribution in [-0.2, 0) is 60.8 Å². The molecule has 0 spiro atoms. The second-order valence-electron chi connectivity index (χ2n) is 21.1. The molecule has 2 aromatic carbocycles. The van der Waals surface area contributed by atoms with Gasteiger partial charge in [-0.2, -0.15) is 0 Å². The van der Waals surface area contributed by atoms with Gasteiger partial charge in [-0.15, -0.1) is 0 Å². The molecule has 27 heteroatoms. The average molecular weight is 1140 g/mol. The summed E-state index contributed by atoms with van der Waals surface area (Å²) in [6.07, 6.45) is 2.52. The van der Waals surface area contributed by atoms with Crippen molar-refractivity contribution in [2.75, 3.05) is 52.4 Å². The number of carboxylic acids is 1. The van der Waals surface area contributed by atoms with Gasteiger partial charge in [0.1, 0.15) is 36.3 Å². The molecular formula is C55H80N16O11. The van der Waals surface area contributed by atoms with Gasteiger partial charge in [-0.3, -0.25) is 53.1 Å². The van der Waals surface area contributed by atoms with Crippen LogP contribution in [0.1, 0.15) is 94.6 Å². The zero-order valence-electron chi connectivity index (χ0n) is 46.3. The van der Waals surface area contributed by atoms with Crippen LogP contribution in [-0.4, -0.2) is 196 Å². The van der Waals surface area contributed by atoms with E-state index in [1.54, 1.807) is 42.5 Å². The van der Waals surface area contributed by atoms with Crippen LogP contribution in [0.15, 0.2) is 70.6 Å². The van der Waals surface area contributed by atoms with Gasteiger partial charge in [-0.1, -0.05) is 60.7 Å². The number of guanidine groups is 2. The molecule has 4 fully saturated rings. The Bertz CT molecular complexity index is 2640. The number of fused-ring (bicyclic) bond motifs is 1. The van der Waals surface area contributed by atoms with E-state index >= 15 is 0 Å². The van der Waals surface area contributed by atoms with Crippen molar-refractivity contribution in [1.29, 1.82) is 0 Å². The summed E-state index contributed by atoms with van der Waals surface area (Å²) in [5, 5.41) is 24.2. The lowest BCUT2D eigenvalue weighted by Crippen LogP contribution is -2.59. The molecule has 0 saturated carbocycles. The van der Waals surface area contributed by atoms with Crippen molar-refractivity contribution in [3.63, 3.8) is 0 Å². The number of hydrogen-bond acceptors (Lipinski definition) is 13. The first-order valence-corrected chi connectivity index (χ1v) is 28.1. The van der Waals surface area contributed by atoms with E-state index in [2.05, 4.69) is 36.6 Å². The maximum absolute atomic E-state index is 14.8. The number of aliphatic imine (C=N–C) groups is 2. The molecule has 0 aliphatic carbocycles. The van der Waals surface area contributed by atoms with Gasteiger partial charge in [0.05, 0.1) is 18.6 Å². The number of benzene rings is 2. The van der Waals surface area contributed by atoms with Crippen LogP contribution < -0.4 is 55.3 Å². The van der Waals surface area contributed by atoms with Crippen molar-refractivity contribution in [1.82, 2.24) is 46.2 Å². The number of nitrogens with zero attached hydrogens (tertiary/aromatic N) is 6. The topological polar surface area (TPSA) is 419 Å². The van der Waals surface area contributed by atoms with E-state index in [1.807, 2.05) is 18.2 Å². The molecule has 4 aliphatic rings. The minimum atomic E-state index is -1.38. The number of nitrogens with two attached hydrogens (primary N) is 5. The molecule has 0 aromatic heterocycles. The predicted octanol–water partition coefficient (Wildman–Crippen LogP) is -2.97. The molecule has 0 radical (unpaired) electrons. The van der Waals surface area contributed by atoms with Crippen LogP contribution in [0.25, 0.3) is 0 Å². The Morgan fingerprint density at radius 3 is 2.02 bits per heavy atom. The first kappa shape index (κ1) is 62.8. The van der Waals surface area contributed by atoms with Crippen LogP contribution in [0, 0.1) is 0 Å². The SMILES string of the molecule is NC(N)=NCCC[C@H](N)C(=O)N1CCC[C@H]1C(=O)N1CCC[C@H]1C(=O)NCC(=O)N[C@@H](Cc1ccccc1)C(=O)N[C@H]1CCC(=O)NCCC(=O)N([C@@H](CCCN=C(N)N)C(=O)O)C[C@H](Cc2ccccc2)NC(=O)[C@@H]2CCCN2C1=O. The highest BCUT2D eigenvalue weighted by atomic mass is 16.4. The van der Waals surface area contributed by atoms with Gasteiger partial charge < -0.3 is 80.0 Å². The highest BCUT2D eigenvalue weighted by molar-refractivity contribution is 5.97. The van der Waals surface area contributed by atoms with E-state index in [0.29, 0.717) is 63.6 Å². The lowest BCUT2D eigenvalue weighted by atomic mass is 10.0. The Morgan fingerprint density at radius 1 is 0.744 bits per heavy atom. The van der Waals surface area contributed by atoms with Gasteiger partial charge in [-0.05, 0) is 88.2 Å². The summed E-state index contributed by atoms with van der Waals surface area (Å²) in [6.45, 7) is 0.0399. The summed E-state index contributed by atoms with van der Waals surface area (Å²) >= 11 is 0. The summed E-state index contributed by atoms with van der Waals surface area (Å²) in [5.74, 6) is -6.91. The van der Waals surface area contributed by atoms with Crippen molar-refractivity contribution in [2.24, 2.45) is 38.7 Å². The minimum Gasteiger partial charge on any atom is -0.480 e. The third-order valence-electron chi connectivity index (χ3n) is 15.1. The maximum Gasteiger partial charge on any atom is 0.326 e. The molecule has 6 rings (SSSR count). The molecule has 8 atom stereocenters. The lowest BCUT2D eigenvalue weighted by Gasteiger charge is -2.35. The molecule has 2 aromatic rings. The van der Waals surface area contributed by atoms with Gasteiger partial charge in [0.25, 0.3) is 0 Å². The maximum atomic E-state index is 14.8. The second-order valence-corrected chi connectivity index (χ2v) is 21.1. The largest absolute Gasteiger partial charge is 0.480 e. The number of carboxylic acid groups (broad SMARTS) is 1. The Labute approximate surface area is 476 Å². The Kier molecular flexibility index (Phi) is 23.8. The second kappa shape index (κ2) is 31.0. The molecule has 27 nitrogen and oxygen atoms in total. The number of carbonyl (C=O) groups excluding carboxylic acids is 9. The molecule has 4 aliphatic heterocycles. The number of carbonyl (C=O) groups is 10. The molecule has 82 heavy (non-hydrogen) atoms. The van der Waals surface area contributed by atoms with Crippen LogP contribution in [0.2, 0.25) is 0 Å². The Balaban J connectivity index is 1.16. The third-order valence-corrected chi connectivity index (χ3v) is 15.1. The lowest BCUT2D eigenvalue weighted by molar-refractivity contribution is -0.151. The fourth-order valence-electron chi connectivity index (χ4n) is 11.0. The van der Waals surface area contributed by atoms with Crippen molar-refractivity contribution in [3.05, 3.63) is 71.8 Å². The predicted molar refractivity (Wildman–Crippen MR) is 301 cm³/mol. The number of nitrogens with one attached hydrogen (secondary N) is 5. The van der Waals surface area contributed by atoms with Gasteiger partial charge in [0.15, 0.2) is 11.9 Å². The first-order valence-electron chi connectivity index (χ1n) is 28.1. The quantitative estimate of drug-likeness (QED) is 0.0319. The Morgan fingerprint density at radius 2 is 1.37 bits per heavy atom. The monoisotopic (exact) mass is 1140 g/mol. The van der Waals surface area contributed by atoms with Gasteiger partial charge in [-0.25, -0.2) is 4.79 Å². The third kappa shape index (κ3) is 18.3. The number of hydrogen-bond donors (Lipinski definition) is 11. The molecule has 0 unspecified atom stereocenters. The molecular weight excluding hydrogens is 1060 g/mol. The number of likely N-dealkylation sites (tertiary alicyclic amines) is 2. The molecule has 16 N–H and O–H groups in total. The van der Waals surface area contributed by atoms with Crippen molar-refractivity contribution in [3.8, 4) is 0 Å². The van der Waals surface area contributed by atoms with E-state index in [4.69, 9.17) is 28.7 Å². The fourth-order valence-corrected chi connectivity index (χ4v) is 11.0. The fraction of sp³-hybridized carbons (Fsp3) is 0.564. The number of rotatable bonds is 22. The molecule has 4 heterocycles. The molecule has 9 amide bonds. The highest BCUT2D eigenvalue weighted by Crippen LogP contribution is 2.27. The standard InChI is InChI=1S/C55H80N16O11/c56-37(16-7-24-62-54(57)58)50(78)70-29-11-20-42(70)52(80)69-28-9-18-40(69)48(76)64-32-45(73)66-39(31-35-14-5-2-6-15-35)47(75)67-38-21-22-44(72)61-26-23-46(74)71(43(53(81)82)17-8-25-63-55(59)60)33-36(30-34-12-3-1-4-13-34)65-49(77)41-19-10-27-68(41)51(38)79/h1-6,12-15,36-43H,7-11,16-33,56H2,(H,61,72)(H,64,76)(H,65,77)(H,66,73)(H,67,75)(H,81,82)(H4,57,58,62)(H4,59,60,63)/t36-,37-,38-,39-,40-,41-,42-,43-/m0/s1. The summed E-state index contributed by atoms with van der Waals surface area (Å²) < 4.78 is 0. The zero-order valence-corrected chi connectivity index (χ0v) is 46.3. The summed E-state index contributed by atoms with van der Waals surface area (Å²) in [5.41, 5.74) is 29.4. The zero-order chi connectivity index (χ0) is 59.3. The van der Waals surface area contributed by atoms with E-state index in [1.165, 1.54) is 19.6 Å². The van der Waals surface area contributed by atoms with Crippen molar-refractivity contribution in [2.45, 2.75) is 145 Å². The van der Waals surface area contributed by atoms with Crippen LogP contribution in [0.5, 0.6) is 0 Å². The van der Waals surface area contributed by atoms with E-state index < -0.39 is 108 Å². The van der Waals surface area contributed by atoms with Crippen LogP contribution in [0.3, 0.4) is 0 Å². The van der Waals surface area contributed by atoms with Crippen molar-refractivity contribution < 1.29 is 53.1 Å². The molecule has 446 valence electrons. The summed E-state index contributed by atoms with van der Waals surface area (Å²) in [7, 11) is 0. The highest BCUT2D eigenvalue weighted by Gasteiger charge is 2.44. The van der Waals surface area contributed by atoms with Crippen LogP contribution >= 0.6 is 0 Å². The van der Waals surface area contributed by atoms with Gasteiger partial charge in [0, 0.05) is 65.1 Å². The van der Waals surface area contributed by atoms with Gasteiger partial charge in [0.2, 0.25) is 53.2 Å². The number of aliphatic carboxylic acids is 1. The van der Waals surface area contributed by atoms with Crippen molar-refractivity contribution >= 4 is 71.1 Å². The van der Waals surface area contributed by atoms with Crippen LogP contribution in [0.4, 0.5) is 0 Å². The van der Waals surface area contributed by atoms with E-state index in [0.717, 1.165) is 5.56 Å². The Hall–Kier alpha value is -8.36. The summed E-state index contributed by atoms with van der Waals surface area (Å²) in [6, 6.07) is 9.18. The van der Waals surface area contributed by atoms with E-state index in [-0.39, 0.29) is 102 Å². The smallest absolute Gasteiger partial charge is 0.326 e.